The predicted octanol–water partition coefficient (Wildman–Crippen LogP) is 0.00160. The van der Waals surface area contributed by atoms with Gasteiger partial charge in [0.15, 0.2) is 0 Å². The molecule has 2 N–H and O–H groups in total. The Balaban J connectivity index is 1.81. The van der Waals surface area contributed by atoms with Crippen molar-refractivity contribution < 1.29 is 22.9 Å². The van der Waals surface area contributed by atoms with Crippen LogP contribution < -0.4 is 10.6 Å². The maximum Gasteiger partial charge on any atom is 0.293 e. The van der Waals surface area contributed by atoms with Crippen molar-refractivity contribution in [1.82, 2.24) is 9.21 Å². The third kappa shape index (κ3) is 4.56. The lowest BCUT2D eigenvalue weighted by atomic mass is 10.1. The molecule has 0 aliphatic carbocycles. The van der Waals surface area contributed by atoms with Crippen molar-refractivity contribution in [3.63, 3.8) is 0 Å². The molecule has 0 aromatic heterocycles. The van der Waals surface area contributed by atoms with Gasteiger partial charge in [-0.05, 0) is 18.6 Å². The number of nitrogens with two attached hydrogens (primary N) is 1. The van der Waals surface area contributed by atoms with Crippen LogP contribution in [0.1, 0.15) is 13.3 Å². The SMILES string of the molecule is CCC(C(N)=O)N1CCN(c2ccc(S(=O)(=O)N3CCOCC3)cc2[N+](=O)[O-])CC1. The van der Waals surface area contributed by atoms with Gasteiger partial charge in [-0.1, -0.05) is 6.92 Å². The standard InChI is InChI=1S/C18H27N5O6S/c1-2-15(18(19)24)20-5-7-21(8-6-20)16-4-3-14(13-17(16)23(25)26)30(27,28)22-9-11-29-12-10-22/h3-4,13,15H,2,5-12H2,1H3,(H2,19,24). The Morgan fingerprint density at radius 1 is 1.20 bits per heavy atom. The number of nitro groups is 1. The van der Waals surface area contributed by atoms with Crippen molar-refractivity contribution in [2.75, 3.05) is 57.4 Å². The van der Waals surface area contributed by atoms with Gasteiger partial charge in [-0.25, -0.2) is 8.42 Å². The number of benzene rings is 1. The van der Waals surface area contributed by atoms with Crippen LogP contribution in [0.2, 0.25) is 0 Å². The first-order valence-electron chi connectivity index (χ1n) is 9.90. The molecule has 1 aromatic rings. The van der Waals surface area contributed by atoms with Gasteiger partial charge in [0.2, 0.25) is 15.9 Å². The minimum atomic E-state index is -3.83. The molecule has 12 heteroatoms. The summed E-state index contributed by atoms with van der Waals surface area (Å²) in [7, 11) is -3.83. The van der Waals surface area contributed by atoms with Crippen LogP contribution >= 0.6 is 0 Å². The quantitative estimate of drug-likeness (QED) is 0.461. The average molecular weight is 442 g/mol. The highest BCUT2D eigenvalue weighted by Gasteiger charge is 2.32. The number of anilines is 1. The normalized spacial score (nSPS) is 20.1. The smallest absolute Gasteiger partial charge is 0.293 e. The lowest BCUT2D eigenvalue weighted by Gasteiger charge is -2.38. The number of sulfonamides is 1. The molecule has 3 rings (SSSR count). The number of piperazine rings is 1. The van der Waals surface area contributed by atoms with Gasteiger partial charge in [0.05, 0.1) is 29.1 Å². The molecular weight excluding hydrogens is 414 g/mol. The molecule has 30 heavy (non-hydrogen) atoms. The molecule has 2 heterocycles. The Morgan fingerprint density at radius 2 is 1.83 bits per heavy atom. The average Bonchev–Trinajstić information content (AvgIpc) is 2.74. The number of morpholine rings is 1. The van der Waals surface area contributed by atoms with E-state index >= 15 is 0 Å². The molecule has 1 atom stereocenters. The van der Waals surface area contributed by atoms with E-state index in [-0.39, 0.29) is 35.6 Å². The molecule has 2 aliphatic heterocycles. The van der Waals surface area contributed by atoms with Crippen molar-refractivity contribution in [2.45, 2.75) is 24.3 Å². The van der Waals surface area contributed by atoms with E-state index < -0.39 is 14.9 Å². The summed E-state index contributed by atoms with van der Waals surface area (Å²) in [6.07, 6.45) is 0.601. The maximum atomic E-state index is 12.8. The summed E-state index contributed by atoms with van der Waals surface area (Å²) in [5.41, 5.74) is 5.57. The van der Waals surface area contributed by atoms with Gasteiger partial charge < -0.3 is 15.4 Å². The van der Waals surface area contributed by atoms with Crippen LogP contribution in [-0.2, 0) is 19.6 Å². The fourth-order valence-electron chi connectivity index (χ4n) is 3.93. The largest absolute Gasteiger partial charge is 0.379 e. The van der Waals surface area contributed by atoms with Crippen molar-refractivity contribution in [2.24, 2.45) is 5.73 Å². The summed E-state index contributed by atoms with van der Waals surface area (Å²) in [6, 6.07) is 3.68. The maximum absolute atomic E-state index is 12.8. The first-order valence-corrected chi connectivity index (χ1v) is 11.3. The number of amides is 1. The van der Waals surface area contributed by atoms with E-state index in [0.717, 1.165) is 6.07 Å². The fraction of sp³-hybridized carbons (Fsp3) is 0.611. The van der Waals surface area contributed by atoms with Gasteiger partial charge in [-0.2, -0.15) is 4.31 Å². The Labute approximate surface area is 175 Å². The fourth-order valence-corrected chi connectivity index (χ4v) is 5.36. The van der Waals surface area contributed by atoms with Gasteiger partial charge in [0.25, 0.3) is 5.69 Å². The lowest BCUT2D eigenvalue weighted by molar-refractivity contribution is -0.384. The summed E-state index contributed by atoms with van der Waals surface area (Å²) >= 11 is 0. The van der Waals surface area contributed by atoms with E-state index in [1.807, 2.05) is 16.7 Å². The molecule has 1 unspecified atom stereocenters. The molecule has 0 bridgehead atoms. The second kappa shape index (κ2) is 9.25. The summed E-state index contributed by atoms with van der Waals surface area (Å²) in [5.74, 6) is -0.380. The molecule has 2 saturated heterocycles. The topological polar surface area (TPSA) is 139 Å². The van der Waals surface area contributed by atoms with Gasteiger partial charge in [0, 0.05) is 45.3 Å². The van der Waals surface area contributed by atoms with Gasteiger partial charge in [0.1, 0.15) is 5.69 Å². The molecule has 166 valence electrons. The van der Waals surface area contributed by atoms with E-state index in [1.165, 1.54) is 16.4 Å². The second-order valence-corrected chi connectivity index (χ2v) is 9.21. The summed E-state index contributed by atoms with van der Waals surface area (Å²) in [4.78, 5) is 26.5. The Bertz CT molecular complexity index is 894. The number of nitro benzene ring substituents is 1. The van der Waals surface area contributed by atoms with Crippen molar-refractivity contribution in [3.05, 3.63) is 28.3 Å². The lowest BCUT2D eigenvalue weighted by Crippen LogP contribution is -2.54. The number of hydrogen-bond acceptors (Lipinski definition) is 8. The Hall–Kier alpha value is -2.28. The van der Waals surface area contributed by atoms with Gasteiger partial charge >= 0.3 is 0 Å². The van der Waals surface area contributed by atoms with E-state index in [0.29, 0.717) is 51.5 Å². The highest BCUT2D eigenvalue weighted by molar-refractivity contribution is 7.89. The van der Waals surface area contributed by atoms with Gasteiger partial charge in [-0.15, -0.1) is 0 Å². The van der Waals surface area contributed by atoms with E-state index in [9.17, 15) is 23.3 Å². The zero-order chi connectivity index (χ0) is 21.9. The molecule has 2 aliphatic rings. The van der Waals surface area contributed by atoms with E-state index in [2.05, 4.69) is 0 Å². The Morgan fingerprint density at radius 3 is 2.37 bits per heavy atom. The van der Waals surface area contributed by atoms with Crippen LogP contribution in [-0.4, -0.2) is 87.0 Å². The zero-order valence-corrected chi connectivity index (χ0v) is 17.7. The molecule has 0 saturated carbocycles. The summed E-state index contributed by atoms with van der Waals surface area (Å²) in [5, 5.41) is 11.7. The van der Waals surface area contributed by atoms with Crippen molar-refractivity contribution in [3.8, 4) is 0 Å². The number of nitrogens with zero attached hydrogens (tertiary/aromatic N) is 4. The van der Waals surface area contributed by atoms with Crippen LogP contribution in [0.3, 0.4) is 0 Å². The molecule has 0 spiro atoms. The Kier molecular flexibility index (Phi) is 6.91. The highest BCUT2D eigenvalue weighted by Crippen LogP contribution is 2.33. The third-order valence-electron chi connectivity index (χ3n) is 5.56. The highest BCUT2D eigenvalue weighted by atomic mass is 32.2. The molecular formula is C18H27N5O6S. The third-order valence-corrected chi connectivity index (χ3v) is 7.46. The first-order chi connectivity index (χ1) is 14.3. The number of ether oxygens (including phenoxy) is 1. The van der Waals surface area contributed by atoms with Crippen LogP contribution in [0, 0.1) is 10.1 Å². The molecule has 2 fully saturated rings. The molecule has 1 aromatic carbocycles. The minimum Gasteiger partial charge on any atom is -0.379 e. The monoisotopic (exact) mass is 441 g/mol. The zero-order valence-electron chi connectivity index (χ0n) is 16.9. The van der Waals surface area contributed by atoms with Crippen molar-refractivity contribution in [1.29, 1.82) is 0 Å². The second-order valence-electron chi connectivity index (χ2n) is 7.27. The number of primary amides is 1. The van der Waals surface area contributed by atoms with Crippen LogP contribution in [0.4, 0.5) is 11.4 Å². The first kappa shape index (κ1) is 22.4. The summed E-state index contributed by atoms with van der Waals surface area (Å²) < 4.78 is 32.2. The predicted molar refractivity (Wildman–Crippen MR) is 110 cm³/mol. The van der Waals surface area contributed by atoms with E-state index in [4.69, 9.17) is 10.5 Å². The van der Waals surface area contributed by atoms with Crippen LogP contribution in [0.5, 0.6) is 0 Å². The number of carbonyl (C=O) groups excluding carboxylic acids is 1. The molecule has 11 nitrogen and oxygen atoms in total. The number of hydrogen-bond donors (Lipinski definition) is 1. The number of carbonyl (C=O) groups is 1. The van der Waals surface area contributed by atoms with Crippen LogP contribution in [0.15, 0.2) is 23.1 Å². The minimum absolute atomic E-state index is 0.0988. The molecule has 1 amide bonds. The molecule has 0 radical (unpaired) electrons. The van der Waals surface area contributed by atoms with Crippen LogP contribution in [0.25, 0.3) is 0 Å². The van der Waals surface area contributed by atoms with Gasteiger partial charge in [-0.3, -0.25) is 19.8 Å². The number of rotatable bonds is 7. The van der Waals surface area contributed by atoms with Crippen molar-refractivity contribution >= 4 is 27.3 Å². The summed E-state index contributed by atoms with van der Waals surface area (Å²) in [6.45, 7) is 4.94. The van der Waals surface area contributed by atoms with E-state index in [1.54, 1.807) is 0 Å².